The van der Waals surface area contributed by atoms with Crippen LogP contribution in [0.25, 0.3) is 0 Å². The van der Waals surface area contributed by atoms with Gasteiger partial charge in [0, 0.05) is 17.8 Å². The molecule has 110 valence electrons. The molecule has 1 amide bonds. The summed E-state index contributed by atoms with van der Waals surface area (Å²) in [5, 5.41) is 3.71. The van der Waals surface area contributed by atoms with Crippen LogP contribution in [0.2, 0.25) is 10.2 Å². The second-order valence-corrected chi connectivity index (χ2v) is 5.49. The quantitative estimate of drug-likeness (QED) is 0.857. The Morgan fingerprint density at radius 1 is 1.29 bits per heavy atom. The molecule has 21 heavy (non-hydrogen) atoms. The topological polar surface area (TPSA) is 45.2 Å². The van der Waals surface area contributed by atoms with Crippen molar-refractivity contribution in [2.45, 2.75) is 6.54 Å². The van der Waals surface area contributed by atoms with Crippen LogP contribution in [0.5, 0.6) is 0 Å². The first-order valence-electron chi connectivity index (χ1n) is 6.38. The van der Waals surface area contributed by atoms with Gasteiger partial charge in [-0.2, -0.15) is 0 Å². The summed E-state index contributed by atoms with van der Waals surface area (Å²) in [6.45, 7) is 0.881. The highest BCUT2D eigenvalue weighted by Crippen LogP contribution is 2.17. The summed E-state index contributed by atoms with van der Waals surface area (Å²) >= 11 is 11.8. The van der Waals surface area contributed by atoms with Crippen LogP contribution in [-0.4, -0.2) is 29.4 Å². The third kappa shape index (κ3) is 5.01. The summed E-state index contributed by atoms with van der Waals surface area (Å²) in [6.07, 6.45) is 1.57. The van der Waals surface area contributed by atoms with Crippen LogP contribution in [0.3, 0.4) is 0 Å². The van der Waals surface area contributed by atoms with Crippen molar-refractivity contribution in [1.82, 2.24) is 9.88 Å². The number of benzene rings is 1. The molecule has 1 aromatic carbocycles. The zero-order valence-corrected chi connectivity index (χ0v) is 13.0. The standard InChI is InChI=1S/C15H15Cl2N3O/c1-20(9-11-4-2-5-12(16)8-11)10-14(21)19-13-6-3-7-18-15(13)17/h2-8H,9-10H2,1H3,(H,19,21). The number of carbonyl (C=O) groups is 1. The van der Waals surface area contributed by atoms with Gasteiger partial charge in [-0.3, -0.25) is 9.69 Å². The van der Waals surface area contributed by atoms with Gasteiger partial charge in [-0.25, -0.2) is 4.98 Å². The minimum atomic E-state index is -0.144. The highest BCUT2D eigenvalue weighted by molar-refractivity contribution is 6.32. The molecule has 4 nitrogen and oxygen atoms in total. The zero-order chi connectivity index (χ0) is 15.2. The van der Waals surface area contributed by atoms with E-state index < -0.39 is 0 Å². The normalized spacial score (nSPS) is 10.7. The number of hydrogen-bond acceptors (Lipinski definition) is 3. The van der Waals surface area contributed by atoms with Gasteiger partial charge < -0.3 is 5.32 Å². The van der Waals surface area contributed by atoms with Crippen molar-refractivity contribution in [3.63, 3.8) is 0 Å². The van der Waals surface area contributed by atoms with Crippen LogP contribution in [0.1, 0.15) is 5.56 Å². The van der Waals surface area contributed by atoms with Gasteiger partial charge in [0.05, 0.1) is 12.2 Å². The first-order chi connectivity index (χ1) is 10.0. The van der Waals surface area contributed by atoms with E-state index in [1.54, 1.807) is 18.3 Å². The fourth-order valence-corrected chi connectivity index (χ4v) is 2.30. The minimum absolute atomic E-state index is 0.144. The van der Waals surface area contributed by atoms with E-state index in [1.807, 2.05) is 36.2 Å². The molecule has 0 atom stereocenters. The molecule has 0 bridgehead atoms. The minimum Gasteiger partial charge on any atom is -0.322 e. The van der Waals surface area contributed by atoms with E-state index in [0.29, 0.717) is 17.3 Å². The number of halogens is 2. The number of rotatable bonds is 5. The van der Waals surface area contributed by atoms with Crippen molar-refractivity contribution >= 4 is 34.8 Å². The fraction of sp³-hybridized carbons (Fsp3) is 0.200. The summed E-state index contributed by atoms with van der Waals surface area (Å²) < 4.78 is 0. The molecule has 1 heterocycles. The first-order valence-corrected chi connectivity index (χ1v) is 7.13. The Labute approximate surface area is 133 Å². The molecule has 0 aliphatic heterocycles. The van der Waals surface area contributed by atoms with Gasteiger partial charge in [-0.1, -0.05) is 35.3 Å². The first kappa shape index (κ1) is 15.8. The highest BCUT2D eigenvalue weighted by atomic mass is 35.5. The molecule has 0 spiro atoms. The van der Waals surface area contributed by atoms with Crippen LogP contribution in [0.4, 0.5) is 5.69 Å². The molecular weight excluding hydrogens is 309 g/mol. The molecule has 1 aromatic heterocycles. The smallest absolute Gasteiger partial charge is 0.238 e. The fourth-order valence-electron chi connectivity index (χ4n) is 1.92. The van der Waals surface area contributed by atoms with Crippen molar-refractivity contribution in [3.05, 3.63) is 58.3 Å². The second-order valence-electron chi connectivity index (χ2n) is 4.69. The number of amides is 1. The van der Waals surface area contributed by atoms with Crippen LogP contribution in [0.15, 0.2) is 42.6 Å². The molecule has 0 saturated heterocycles. The number of anilines is 1. The van der Waals surface area contributed by atoms with Crippen molar-refractivity contribution in [3.8, 4) is 0 Å². The number of carbonyl (C=O) groups excluding carboxylic acids is 1. The third-order valence-electron chi connectivity index (χ3n) is 2.79. The van der Waals surface area contributed by atoms with Gasteiger partial charge in [-0.15, -0.1) is 0 Å². The predicted octanol–water partition coefficient (Wildman–Crippen LogP) is 3.46. The number of aromatic nitrogens is 1. The van der Waals surface area contributed by atoms with Crippen molar-refractivity contribution in [2.24, 2.45) is 0 Å². The van der Waals surface area contributed by atoms with Crippen LogP contribution in [-0.2, 0) is 11.3 Å². The lowest BCUT2D eigenvalue weighted by Gasteiger charge is -2.16. The van der Waals surface area contributed by atoms with E-state index in [9.17, 15) is 4.79 Å². The molecule has 0 aliphatic carbocycles. The van der Waals surface area contributed by atoms with E-state index >= 15 is 0 Å². The summed E-state index contributed by atoms with van der Waals surface area (Å²) in [7, 11) is 1.87. The molecule has 0 saturated carbocycles. The summed E-state index contributed by atoms with van der Waals surface area (Å²) in [6, 6.07) is 11.0. The Kier molecular flexibility index (Phi) is 5.56. The number of nitrogens with one attached hydrogen (secondary N) is 1. The molecular formula is C15H15Cl2N3O. The van der Waals surface area contributed by atoms with Gasteiger partial charge in [0.2, 0.25) is 5.91 Å². The van der Waals surface area contributed by atoms with Crippen molar-refractivity contribution in [2.75, 3.05) is 18.9 Å². The molecule has 0 aliphatic rings. The van der Waals surface area contributed by atoms with Gasteiger partial charge in [0.25, 0.3) is 0 Å². The number of hydrogen-bond donors (Lipinski definition) is 1. The average Bonchev–Trinajstić information content (AvgIpc) is 2.41. The van der Waals surface area contributed by atoms with E-state index in [4.69, 9.17) is 23.2 Å². The lowest BCUT2D eigenvalue weighted by molar-refractivity contribution is -0.117. The van der Waals surface area contributed by atoms with Crippen molar-refractivity contribution in [1.29, 1.82) is 0 Å². The van der Waals surface area contributed by atoms with Crippen LogP contribution in [0, 0.1) is 0 Å². The van der Waals surface area contributed by atoms with E-state index in [-0.39, 0.29) is 17.6 Å². The highest BCUT2D eigenvalue weighted by Gasteiger charge is 2.09. The van der Waals surface area contributed by atoms with Gasteiger partial charge >= 0.3 is 0 Å². The average molecular weight is 324 g/mol. The monoisotopic (exact) mass is 323 g/mol. The Hall–Kier alpha value is -1.62. The molecule has 0 radical (unpaired) electrons. The second kappa shape index (κ2) is 7.41. The Morgan fingerprint density at radius 3 is 2.81 bits per heavy atom. The van der Waals surface area contributed by atoms with Gasteiger partial charge in [-0.05, 0) is 36.9 Å². The Morgan fingerprint density at radius 2 is 2.10 bits per heavy atom. The Bertz CT molecular complexity index is 634. The summed E-state index contributed by atoms with van der Waals surface area (Å²) in [5.74, 6) is -0.144. The van der Waals surface area contributed by atoms with Gasteiger partial charge in [0.15, 0.2) is 5.15 Å². The van der Waals surface area contributed by atoms with Crippen LogP contribution >= 0.6 is 23.2 Å². The lowest BCUT2D eigenvalue weighted by Crippen LogP contribution is -2.29. The molecule has 6 heteroatoms. The summed E-state index contributed by atoms with van der Waals surface area (Å²) in [4.78, 5) is 17.8. The molecule has 0 unspecified atom stereocenters. The SMILES string of the molecule is CN(CC(=O)Nc1cccnc1Cl)Cc1cccc(Cl)c1. The van der Waals surface area contributed by atoms with Crippen molar-refractivity contribution < 1.29 is 4.79 Å². The van der Waals surface area contributed by atoms with Gasteiger partial charge in [0.1, 0.15) is 0 Å². The lowest BCUT2D eigenvalue weighted by atomic mass is 10.2. The van der Waals surface area contributed by atoms with E-state index in [1.165, 1.54) is 0 Å². The van der Waals surface area contributed by atoms with E-state index in [2.05, 4.69) is 10.3 Å². The summed E-state index contributed by atoms with van der Waals surface area (Å²) in [5.41, 5.74) is 1.57. The van der Waals surface area contributed by atoms with Crippen LogP contribution < -0.4 is 5.32 Å². The number of pyridine rings is 1. The predicted molar refractivity (Wildman–Crippen MR) is 85.7 cm³/mol. The molecule has 1 N–H and O–H groups in total. The molecule has 2 aromatic rings. The zero-order valence-electron chi connectivity index (χ0n) is 11.5. The Balaban J connectivity index is 1.89. The number of nitrogens with zero attached hydrogens (tertiary/aromatic N) is 2. The third-order valence-corrected chi connectivity index (χ3v) is 3.32. The molecule has 2 rings (SSSR count). The molecule has 0 fully saturated rings. The van der Waals surface area contributed by atoms with E-state index in [0.717, 1.165) is 5.56 Å². The maximum atomic E-state index is 12.0. The maximum absolute atomic E-state index is 12.0. The number of likely N-dealkylation sites (N-methyl/N-ethyl adjacent to an activating group) is 1. The maximum Gasteiger partial charge on any atom is 0.238 e. The largest absolute Gasteiger partial charge is 0.322 e.